The Morgan fingerprint density at radius 3 is 2.75 bits per heavy atom. The van der Waals surface area contributed by atoms with Crippen molar-refractivity contribution in [3.05, 3.63) is 32.7 Å². The molecule has 0 bridgehead atoms. The number of rotatable bonds is 4. The summed E-state index contributed by atoms with van der Waals surface area (Å²) < 4.78 is 1.71. The molecule has 0 aliphatic carbocycles. The van der Waals surface area contributed by atoms with Crippen LogP contribution in [-0.2, 0) is 0 Å². The summed E-state index contributed by atoms with van der Waals surface area (Å²) in [7, 11) is 0. The molecule has 0 fully saturated rings. The zero-order valence-corrected chi connectivity index (χ0v) is 12.7. The van der Waals surface area contributed by atoms with Gasteiger partial charge in [-0.25, -0.2) is 0 Å². The van der Waals surface area contributed by atoms with Crippen molar-refractivity contribution in [2.75, 3.05) is 6.54 Å². The second-order valence-corrected chi connectivity index (χ2v) is 5.96. The van der Waals surface area contributed by atoms with E-state index in [4.69, 9.17) is 11.6 Å². The molecule has 0 heterocycles. The van der Waals surface area contributed by atoms with Crippen molar-refractivity contribution >= 4 is 49.4 Å². The van der Waals surface area contributed by atoms with Crippen molar-refractivity contribution in [2.45, 2.75) is 18.7 Å². The highest BCUT2D eigenvalue weighted by atomic mass is 79.9. The van der Waals surface area contributed by atoms with Crippen LogP contribution in [0.3, 0.4) is 0 Å². The van der Waals surface area contributed by atoms with Gasteiger partial charge in [0.25, 0.3) is 5.91 Å². The average Bonchev–Trinajstić information content (AvgIpc) is 2.16. The van der Waals surface area contributed by atoms with Crippen molar-refractivity contribution in [1.29, 1.82) is 0 Å². The van der Waals surface area contributed by atoms with Crippen LogP contribution in [0.1, 0.15) is 23.7 Å². The molecule has 0 saturated heterocycles. The van der Waals surface area contributed by atoms with Gasteiger partial charge in [-0.2, -0.15) is 0 Å². The predicted molar refractivity (Wildman–Crippen MR) is 74.1 cm³/mol. The summed E-state index contributed by atoms with van der Waals surface area (Å²) in [5.74, 6) is -0.0864. The summed E-state index contributed by atoms with van der Waals surface area (Å²) in [5, 5.41) is 2.90. The molecule has 2 nitrogen and oxygen atoms in total. The minimum Gasteiger partial charge on any atom is -0.352 e. The maximum Gasteiger partial charge on any atom is 0.252 e. The number of halogens is 3. The molecule has 1 atom stereocenters. The van der Waals surface area contributed by atoms with E-state index in [1.54, 1.807) is 6.07 Å². The van der Waals surface area contributed by atoms with Crippen molar-refractivity contribution in [3.63, 3.8) is 0 Å². The van der Waals surface area contributed by atoms with Crippen LogP contribution >= 0.6 is 43.5 Å². The highest BCUT2D eigenvalue weighted by Gasteiger charge is 2.09. The first-order chi connectivity index (χ1) is 7.50. The highest BCUT2D eigenvalue weighted by Crippen LogP contribution is 2.21. The fraction of sp³-hybridized carbons (Fsp3) is 0.364. The summed E-state index contributed by atoms with van der Waals surface area (Å²) in [4.78, 5) is 11.8. The van der Waals surface area contributed by atoms with Gasteiger partial charge in [0.15, 0.2) is 0 Å². The lowest BCUT2D eigenvalue weighted by molar-refractivity contribution is 0.0952. The number of benzene rings is 1. The van der Waals surface area contributed by atoms with E-state index in [9.17, 15) is 4.79 Å². The van der Waals surface area contributed by atoms with Gasteiger partial charge in [0.05, 0.1) is 5.56 Å². The van der Waals surface area contributed by atoms with E-state index in [1.807, 2.05) is 19.1 Å². The maximum atomic E-state index is 11.8. The third-order valence-electron chi connectivity index (χ3n) is 2.00. The third-order valence-corrected chi connectivity index (χ3v) is 3.37. The van der Waals surface area contributed by atoms with E-state index in [0.29, 0.717) is 12.1 Å². The Bertz CT molecular complexity index is 382. The molecule has 0 radical (unpaired) electrons. The minimum atomic E-state index is -0.0864. The number of carbonyl (C=O) groups is 1. The van der Waals surface area contributed by atoms with Crippen LogP contribution in [-0.4, -0.2) is 17.8 Å². The van der Waals surface area contributed by atoms with Gasteiger partial charge in [-0.1, -0.05) is 15.9 Å². The molecule has 5 heteroatoms. The van der Waals surface area contributed by atoms with Gasteiger partial charge in [-0.3, -0.25) is 4.79 Å². The number of nitrogens with one attached hydrogen (secondary N) is 1. The van der Waals surface area contributed by atoms with Crippen LogP contribution in [0.15, 0.2) is 27.1 Å². The van der Waals surface area contributed by atoms with Gasteiger partial charge in [-0.15, -0.1) is 11.6 Å². The molecule has 1 N–H and O–H groups in total. The van der Waals surface area contributed by atoms with Crippen LogP contribution in [0.2, 0.25) is 0 Å². The lowest BCUT2D eigenvalue weighted by Gasteiger charge is -2.07. The molecule has 0 aliphatic heterocycles. The average molecular weight is 369 g/mol. The lowest BCUT2D eigenvalue weighted by Crippen LogP contribution is -2.26. The van der Waals surface area contributed by atoms with Gasteiger partial charge >= 0.3 is 0 Å². The van der Waals surface area contributed by atoms with Crippen LogP contribution in [0, 0.1) is 0 Å². The Kier molecular flexibility index (Phi) is 5.79. The molecular weight excluding hydrogens is 357 g/mol. The van der Waals surface area contributed by atoms with Crippen LogP contribution in [0.5, 0.6) is 0 Å². The Hall–Kier alpha value is -0.0600. The SMILES string of the molecule is CC(Cl)CCNC(=O)c1ccc(Br)cc1Br. The van der Waals surface area contributed by atoms with E-state index >= 15 is 0 Å². The van der Waals surface area contributed by atoms with E-state index in [1.165, 1.54) is 0 Å². The number of hydrogen-bond acceptors (Lipinski definition) is 1. The number of hydrogen-bond donors (Lipinski definition) is 1. The Morgan fingerprint density at radius 1 is 1.50 bits per heavy atom. The Labute approximate surface area is 117 Å². The molecule has 88 valence electrons. The standard InChI is InChI=1S/C11H12Br2ClNO/c1-7(14)4-5-15-11(16)9-3-2-8(12)6-10(9)13/h2-3,6-7H,4-5H2,1H3,(H,15,16). The van der Waals surface area contributed by atoms with Gasteiger partial charge < -0.3 is 5.32 Å². The van der Waals surface area contributed by atoms with Crippen LogP contribution < -0.4 is 5.32 Å². The summed E-state index contributed by atoms with van der Waals surface area (Å²) >= 11 is 12.5. The molecule has 1 aromatic rings. The van der Waals surface area contributed by atoms with E-state index < -0.39 is 0 Å². The van der Waals surface area contributed by atoms with Crippen molar-refractivity contribution in [1.82, 2.24) is 5.32 Å². The van der Waals surface area contributed by atoms with Crippen molar-refractivity contribution < 1.29 is 4.79 Å². The smallest absolute Gasteiger partial charge is 0.252 e. The largest absolute Gasteiger partial charge is 0.352 e. The minimum absolute atomic E-state index is 0.0775. The van der Waals surface area contributed by atoms with Crippen LogP contribution in [0.4, 0.5) is 0 Å². The molecule has 1 unspecified atom stereocenters. The van der Waals surface area contributed by atoms with Crippen LogP contribution in [0.25, 0.3) is 0 Å². The molecule has 0 spiro atoms. The molecule has 0 aliphatic rings. The zero-order chi connectivity index (χ0) is 12.1. The van der Waals surface area contributed by atoms with Gasteiger partial charge in [0, 0.05) is 20.9 Å². The monoisotopic (exact) mass is 367 g/mol. The first kappa shape index (κ1) is 14.0. The normalized spacial score (nSPS) is 12.2. The summed E-state index contributed by atoms with van der Waals surface area (Å²) in [6.45, 7) is 2.50. The quantitative estimate of drug-likeness (QED) is 0.800. The predicted octanol–water partition coefficient (Wildman–Crippen LogP) is 3.96. The first-order valence-corrected chi connectivity index (χ1v) is 6.90. The second-order valence-electron chi connectivity index (χ2n) is 3.45. The summed E-state index contributed by atoms with van der Waals surface area (Å²) in [6.07, 6.45) is 0.765. The molecule has 16 heavy (non-hydrogen) atoms. The Morgan fingerprint density at radius 2 is 2.19 bits per heavy atom. The summed E-state index contributed by atoms with van der Waals surface area (Å²) in [6, 6.07) is 5.45. The highest BCUT2D eigenvalue weighted by molar-refractivity contribution is 9.11. The lowest BCUT2D eigenvalue weighted by atomic mass is 10.2. The van der Waals surface area contributed by atoms with E-state index in [0.717, 1.165) is 15.4 Å². The molecule has 0 saturated carbocycles. The first-order valence-electron chi connectivity index (χ1n) is 4.88. The van der Waals surface area contributed by atoms with Crippen molar-refractivity contribution in [3.8, 4) is 0 Å². The topological polar surface area (TPSA) is 29.1 Å². The molecule has 0 aromatic heterocycles. The van der Waals surface area contributed by atoms with Crippen molar-refractivity contribution in [2.24, 2.45) is 0 Å². The maximum absolute atomic E-state index is 11.8. The fourth-order valence-corrected chi connectivity index (χ4v) is 2.49. The number of carbonyl (C=O) groups excluding carboxylic acids is 1. The third kappa shape index (κ3) is 4.44. The zero-order valence-electron chi connectivity index (χ0n) is 8.77. The van der Waals surface area contributed by atoms with E-state index in [-0.39, 0.29) is 11.3 Å². The number of amides is 1. The summed E-state index contributed by atoms with van der Waals surface area (Å²) in [5.41, 5.74) is 0.630. The fourth-order valence-electron chi connectivity index (χ4n) is 1.15. The van der Waals surface area contributed by atoms with Gasteiger partial charge in [0.2, 0.25) is 0 Å². The Balaban J connectivity index is 2.59. The second kappa shape index (κ2) is 6.62. The number of alkyl halides is 1. The molecule has 1 aromatic carbocycles. The van der Waals surface area contributed by atoms with Gasteiger partial charge in [0.1, 0.15) is 0 Å². The molecule has 1 rings (SSSR count). The van der Waals surface area contributed by atoms with Gasteiger partial charge in [-0.05, 0) is 47.5 Å². The molecule has 1 amide bonds. The van der Waals surface area contributed by atoms with E-state index in [2.05, 4.69) is 37.2 Å². The molecular formula is C11H12Br2ClNO.